The second kappa shape index (κ2) is 3.42. The van der Waals surface area contributed by atoms with Crippen LogP contribution in [0.4, 0.5) is 0 Å². The van der Waals surface area contributed by atoms with Gasteiger partial charge in [0.15, 0.2) is 0 Å². The third kappa shape index (κ3) is 2.62. The summed E-state index contributed by atoms with van der Waals surface area (Å²) in [7, 11) is 0. The van der Waals surface area contributed by atoms with E-state index in [0.29, 0.717) is 5.95 Å². The van der Waals surface area contributed by atoms with Crippen LogP contribution in [0.3, 0.4) is 0 Å². The van der Waals surface area contributed by atoms with E-state index in [9.17, 15) is 4.79 Å². The fourth-order valence-electron chi connectivity index (χ4n) is 0.949. The van der Waals surface area contributed by atoms with E-state index in [1.807, 2.05) is 6.92 Å². The zero-order valence-corrected chi connectivity index (χ0v) is 6.79. The highest BCUT2D eigenvalue weighted by molar-refractivity contribution is 5.67. The van der Waals surface area contributed by atoms with Crippen LogP contribution in [0.25, 0.3) is 0 Å². The van der Waals surface area contributed by atoms with Gasteiger partial charge in [-0.05, 0) is 25.8 Å². The van der Waals surface area contributed by atoms with E-state index in [2.05, 4.69) is 0 Å². The molecule has 62 valence electrons. The molecule has 0 N–H and O–H groups in total. The standard InChI is InChI=1S/C8H12O3/c1-6-4-3-5-8(10-6)11-7(2)9/h5-6H,3-4H2,1-2H3. The zero-order chi connectivity index (χ0) is 8.27. The Kier molecular flexibility index (Phi) is 2.52. The van der Waals surface area contributed by atoms with Gasteiger partial charge >= 0.3 is 5.97 Å². The molecular formula is C8H12O3. The molecule has 0 fully saturated rings. The van der Waals surface area contributed by atoms with Gasteiger partial charge in [-0.15, -0.1) is 0 Å². The SMILES string of the molecule is CC(=O)OC1=CCCC(C)O1. The van der Waals surface area contributed by atoms with Crippen LogP contribution in [-0.2, 0) is 14.3 Å². The molecule has 0 aliphatic carbocycles. The highest BCUT2D eigenvalue weighted by Crippen LogP contribution is 2.16. The predicted octanol–water partition coefficient (Wildman–Crippen LogP) is 1.59. The maximum absolute atomic E-state index is 10.5. The molecule has 1 heterocycles. The highest BCUT2D eigenvalue weighted by Gasteiger charge is 2.13. The summed E-state index contributed by atoms with van der Waals surface area (Å²) in [6.45, 7) is 3.32. The Morgan fingerprint density at radius 2 is 2.55 bits per heavy atom. The summed E-state index contributed by atoms with van der Waals surface area (Å²) in [5.41, 5.74) is 0. The number of carbonyl (C=O) groups excluding carboxylic acids is 1. The lowest BCUT2D eigenvalue weighted by atomic mass is 10.2. The quantitative estimate of drug-likeness (QED) is 0.541. The fourth-order valence-corrected chi connectivity index (χ4v) is 0.949. The van der Waals surface area contributed by atoms with E-state index in [0.717, 1.165) is 12.8 Å². The molecule has 1 unspecified atom stereocenters. The van der Waals surface area contributed by atoms with Crippen LogP contribution in [0, 0.1) is 0 Å². The Labute approximate surface area is 66.0 Å². The second-order valence-electron chi connectivity index (χ2n) is 2.62. The molecule has 1 rings (SSSR count). The zero-order valence-electron chi connectivity index (χ0n) is 6.79. The van der Waals surface area contributed by atoms with E-state index in [-0.39, 0.29) is 12.1 Å². The van der Waals surface area contributed by atoms with Crippen molar-refractivity contribution in [3.05, 3.63) is 12.0 Å². The van der Waals surface area contributed by atoms with Crippen molar-refractivity contribution in [1.29, 1.82) is 0 Å². The summed E-state index contributed by atoms with van der Waals surface area (Å²) in [6.07, 6.45) is 3.87. The van der Waals surface area contributed by atoms with E-state index in [4.69, 9.17) is 9.47 Å². The first-order chi connectivity index (χ1) is 5.18. The fraction of sp³-hybridized carbons (Fsp3) is 0.625. The van der Waals surface area contributed by atoms with Crippen molar-refractivity contribution in [3.63, 3.8) is 0 Å². The number of hydrogen-bond acceptors (Lipinski definition) is 3. The summed E-state index contributed by atoms with van der Waals surface area (Å²) in [5, 5.41) is 0. The Hall–Kier alpha value is -0.990. The van der Waals surface area contributed by atoms with Crippen LogP contribution < -0.4 is 0 Å². The van der Waals surface area contributed by atoms with Gasteiger partial charge in [0.1, 0.15) is 0 Å². The van der Waals surface area contributed by atoms with Crippen LogP contribution in [0.1, 0.15) is 26.7 Å². The molecule has 0 spiro atoms. The summed E-state index contributed by atoms with van der Waals surface area (Å²) >= 11 is 0. The summed E-state index contributed by atoms with van der Waals surface area (Å²) < 4.78 is 9.98. The van der Waals surface area contributed by atoms with Crippen molar-refractivity contribution >= 4 is 5.97 Å². The van der Waals surface area contributed by atoms with Crippen molar-refractivity contribution in [2.24, 2.45) is 0 Å². The molecule has 0 aromatic rings. The minimum atomic E-state index is -0.328. The van der Waals surface area contributed by atoms with Crippen LogP contribution in [0.15, 0.2) is 12.0 Å². The Bertz CT molecular complexity index is 184. The number of allylic oxidation sites excluding steroid dienone is 1. The van der Waals surface area contributed by atoms with Gasteiger partial charge in [-0.2, -0.15) is 0 Å². The summed E-state index contributed by atoms with van der Waals surface area (Å²) in [6, 6.07) is 0. The summed E-state index contributed by atoms with van der Waals surface area (Å²) in [4.78, 5) is 10.5. The Morgan fingerprint density at radius 3 is 3.09 bits per heavy atom. The molecule has 0 amide bonds. The Balaban J connectivity index is 2.44. The van der Waals surface area contributed by atoms with Crippen LogP contribution in [-0.4, -0.2) is 12.1 Å². The van der Waals surface area contributed by atoms with Crippen molar-refractivity contribution in [2.45, 2.75) is 32.8 Å². The van der Waals surface area contributed by atoms with Gasteiger partial charge in [-0.3, -0.25) is 4.79 Å². The number of carbonyl (C=O) groups is 1. The van der Waals surface area contributed by atoms with Crippen LogP contribution in [0.2, 0.25) is 0 Å². The molecular weight excluding hydrogens is 144 g/mol. The Morgan fingerprint density at radius 1 is 1.82 bits per heavy atom. The third-order valence-electron chi connectivity index (χ3n) is 1.45. The maximum Gasteiger partial charge on any atom is 0.310 e. The second-order valence-corrected chi connectivity index (χ2v) is 2.62. The lowest BCUT2D eigenvalue weighted by molar-refractivity contribution is -0.144. The predicted molar refractivity (Wildman–Crippen MR) is 39.6 cm³/mol. The molecule has 1 aliphatic heterocycles. The van der Waals surface area contributed by atoms with E-state index >= 15 is 0 Å². The van der Waals surface area contributed by atoms with Crippen molar-refractivity contribution in [1.82, 2.24) is 0 Å². The van der Waals surface area contributed by atoms with Gasteiger partial charge < -0.3 is 9.47 Å². The normalized spacial score (nSPS) is 23.5. The number of rotatable bonds is 1. The minimum Gasteiger partial charge on any atom is -0.462 e. The van der Waals surface area contributed by atoms with Gasteiger partial charge in [-0.25, -0.2) is 0 Å². The molecule has 1 atom stereocenters. The lowest BCUT2D eigenvalue weighted by Gasteiger charge is -2.19. The monoisotopic (exact) mass is 156 g/mol. The third-order valence-corrected chi connectivity index (χ3v) is 1.45. The molecule has 0 bridgehead atoms. The summed E-state index contributed by atoms with van der Waals surface area (Å²) in [5.74, 6) is 0.0293. The molecule has 3 heteroatoms. The van der Waals surface area contributed by atoms with Gasteiger partial charge in [0.2, 0.25) is 0 Å². The first-order valence-corrected chi connectivity index (χ1v) is 3.73. The van der Waals surface area contributed by atoms with Gasteiger partial charge in [0.25, 0.3) is 5.95 Å². The number of esters is 1. The average molecular weight is 156 g/mol. The van der Waals surface area contributed by atoms with Gasteiger partial charge in [0, 0.05) is 6.92 Å². The first-order valence-electron chi connectivity index (χ1n) is 3.73. The largest absolute Gasteiger partial charge is 0.462 e. The van der Waals surface area contributed by atoms with Gasteiger partial charge in [-0.1, -0.05) is 0 Å². The molecule has 0 saturated heterocycles. The van der Waals surface area contributed by atoms with Crippen LogP contribution >= 0.6 is 0 Å². The van der Waals surface area contributed by atoms with Crippen molar-refractivity contribution in [2.75, 3.05) is 0 Å². The smallest absolute Gasteiger partial charge is 0.310 e. The maximum atomic E-state index is 10.5. The molecule has 0 aromatic heterocycles. The number of ether oxygens (including phenoxy) is 2. The molecule has 3 nitrogen and oxygen atoms in total. The highest BCUT2D eigenvalue weighted by atomic mass is 16.7. The molecule has 1 aliphatic rings. The van der Waals surface area contributed by atoms with E-state index < -0.39 is 0 Å². The number of hydrogen-bond donors (Lipinski definition) is 0. The van der Waals surface area contributed by atoms with Gasteiger partial charge in [0.05, 0.1) is 6.10 Å². The average Bonchev–Trinajstić information content (AvgIpc) is 1.85. The van der Waals surface area contributed by atoms with E-state index in [1.165, 1.54) is 6.92 Å². The van der Waals surface area contributed by atoms with E-state index in [1.54, 1.807) is 6.08 Å². The lowest BCUT2D eigenvalue weighted by Crippen LogP contribution is -2.15. The van der Waals surface area contributed by atoms with Crippen LogP contribution in [0.5, 0.6) is 0 Å². The van der Waals surface area contributed by atoms with Crippen molar-refractivity contribution in [3.8, 4) is 0 Å². The van der Waals surface area contributed by atoms with Crippen molar-refractivity contribution < 1.29 is 14.3 Å². The molecule has 11 heavy (non-hydrogen) atoms. The topological polar surface area (TPSA) is 35.5 Å². The molecule has 0 aromatic carbocycles. The first kappa shape index (κ1) is 8.11. The molecule has 0 saturated carbocycles. The minimum absolute atomic E-state index is 0.161. The molecule has 0 radical (unpaired) electrons.